The predicted octanol–water partition coefficient (Wildman–Crippen LogP) is 5.21. The average Bonchev–Trinajstić information content (AvgIpc) is 3.40. The number of rotatable bonds is 11. The van der Waals surface area contributed by atoms with Gasteiger partial charge in [-0.15, -0.1) is 11.3 Å². The van der Waals surface area contributed by atoms with Gasteiger partial charge in [-0.25, -0.2) is 4.98 Å². The van der Waals surface area contributed by atoms with Crippen LogP contribution in [0.15, 0.2) is 78.6 Å². The number of aryl methyl sites for hydroxylation is 1. The molecule has 1 N–H and O–H groups in total. The topological polar surface area (TPSA) is 83.0 Å². The highest BCUT2D eigenvalue weighted by atomic mass is 32.1. The van der Waals surface area contributed by atoms with Gasteiger partial charge in [0.25, 0.3) is 5.91 Å². The zero-order valence-electron chi connectivity index (χ0n) is 21.3. The molecule has 0 fully saturated rings. The van der Waals surface area contributed by atoms with Crippen molar-refractivity contribution in [1.82, 2.24) is 14.8 Å². The fourth-order valence-corrected chi connectivity index (χ4v) is 5.38. The summed E-state index contributed by atoms with van der Waals surface area (Å²) in [6.45, 7) is 6.98. The number of carbonyl (C=O) groups is 2. The third-order valence-corrected chi connectivity index (χ3v) is 7.35. The Kier molecular flexibility index (Phi) is 8.21. The highest BCUT2D eigenvalue weighted by Crippen LogP contribution is 2.41. The van der Waals surface area contributed by atoms with Gasteiger partial charge >= 0.3 is 0 Å². The molecule has 4 rings (SSSR count). The first-order chi connectivity index (χ1) is 17.8. The van der Waals surface area contributed by atoms with Crippen LogP contribution in [0.25, 0.3) is 10.6 Å². The van der Waals surface area contributed by atoms with Crippen LogP contribution in [0.4, 0.5) is 0 Å². The van der Waals surface area contributed by atoms with Gasteiger partial charge in [-0.3, -0.25) is 9.59 Å². The summed E-state index contributed by atoms with van der Waals surface area (Å²) >= 11 is 1.27. The van der Waals surface area contributed by atoms with Gasteiger partial charge in [0.2, 0.25) is 5.78 Å². The Balaban J connectivity index is 1.71. The SMILES string of the molecule is C=CCOc1ccc(C2C(C(=O)c3sc(-c4ccccc4)nc3C)=C(O)C(=O)N2CCCN(C)C)cc1. The van der Waals surface area contributed by atoms with Crippen molar-refractivity contribution in [1.29, 1.82) is 0 Å². The number of amides is 1. The van der Waals surface area contributed by atoms with Gasteiger partial charge < -0.3 is 19.6 Å². The molecule has 0 radical (unpaired) electrons. The molecule has 1 amide bonds. The van der Waals surface area contributed by atoms with Crippen molar-refractivity contribution in [2.75, 3.05) is 33.8 Å². The lowest BCUT2D eigenvalue weighted by Crippen LogP contribution is -2.33. The number of aliphatic hydroxyl groups is 1. The minimum absolute atomic E-state index is 0.0842. The Morgan fingerprint density at radius 3 is 2.54 bits per heavy atom. The minimum atomic E-state index is -0.711. The molecule has 0 saturated carbocycles. The Hall–Kier alpha value is -3.75. The summed E-state index contributed by atoms with van der Waals surface area (Å²) in [4.78, 5) is 35.8. The second-order valence-corrected chi connectivity index (χ2v) is 10.1. The number of benzene rings is 2. The molecule has 0 bridgehead atoms. The molecule has 1 unspecified atom stereocenters. The highest BCUT2D eigenvalue weighted by Gasteiger charge is 2.44. The van der Waals surface area contributed by atoms with Gasteiger partial charge in [-0.05, 0) is 51.7 Å². The van der Waals surface area contributed by atoms with E-state index in [4.69, 9.17) is 4.74 Å². The number of ketones is 1. The molecule has 0 aliphatic carbocycles. The van der Waals surface area contributed by atoms with Crippen molar-refractivity contribution in [3.05, 3.63) is 94.7 Å². The van der Waals surface area contributed by atoms with Gasteiger partial charge in [0, 0.05) is 12.1 Å². The van der Waals surface area contributed by atoms with E-state index in [9.17, 15) is 14.7 Å². The highest BCUT2D eigenvalue weighted by molar-refractivity contribution is 7.17. The molecule has 3 aromatic rings. The summed E-state index contributed by atoms with van der Waals surface area (Å²) < 4.78 is 5.60. The maximum atomic E-state index is 13.9. The molecule has 8 heteroatoms. The molecule has 1 aliphatic rings. The molecule has 0 spiro atoms. The number of aliphatic hydroxyl groups excluding tert-OH is 1. The summed E-state index contributed by atoms with van der Waals surface area (Å²) in [6, 6.07) is 16.2. The first kappa shape index (κ1) is 26.3. The van der Waals surface area contributed by atoms with Crippen molar-refractivity contribution in [3.8, 4) is 16.3 Å². The summed E-state index contributed by atoms with van der Waals surface area (Å²) in [5, 5.41) is 11.7. The molecular weight excluding hydrogens is 486 g/mol. The zero-order valence-corrected chi connectivity index (χ0v) is 22.1. The average molecular weight is 518 g/mol. The van der Waals surface area contributed by atoms with E-state index in [1.807, 2.05) is 61.5 Å². The van der Waals surface area contributed by atoms with Crippen molar-refractivity contribution in [3.63, 3.8) is 0 Å². The summed E-state index contributed by atoms with van der Waals surface area (Å²) in [5.74, 6) is -0.764. The van der Waals surface area contributed by atoms with E-state index < -0.39 is 17.7 Å². The van der Waals surface area contributed by atoms with E-state index in [2.05, 4.69) is 11.6 Å². The van der Waals surface area contributed by atoms with E-state index >= 15 is 0 Å². The standard InChI is InChI=1S/C29H31N3O4S/c1-5-18-36-22-14-12-20(13-15-22)24-23(26(34)29(35)32(24)17-9-16-31(3)4)25(33)27-19(2)30-28(37-27)21-10-7-6-8-11-21/h5-8,10-15,24,34H,1,9,16-18H2,2-4H3. The van der Waals surface area contributed by atoms with Crippen LogP contribution in [0.1, 0.15) is 33.4 Å². The monoisotopic (exact) mass is 517 g/mol. The number of Topliss-reactive ketones (excluding diaryl/α,β-unsaturated/α-hetero) is 1. The zero-order chi connectivity index (χ0) is 26.5. The predicted molar refractivity (Wildman–Crippen MR) is 146 cm³/mol. The van der Waals surface area contributed by atoms with E-state index in [0.717, 1.165) is 17.7 Å². The van der Waals surface area contributed by atoms with Gasteiger partial charge in [-0.2, -0.15) is 0 Å². The third kappa shape index (κ3) is 5.65. The van der Waals surface area contributed by atoms with Gasteiger partial charge in [0.1, 0.15) is 17.4 Å². The number of carbonyl (C=O) groups excluding carboxylic acids is 2. The van der Waals surface area contributed by atoms with Crippen molar-refractivity contribution < 1.29 is 19.4 Å². The van der Waals surface area contributed by atoms with Crippen molar-refractivity contribution in [2.45, 2.75) is 19.4 Å². The van der Waals surface area contributed by atoms with Crippen LogP contribution >= 0.6 is 11.3 Å². The fourth-order valence-electron chi connectivity index (χ4n) is 4.36. The van der Waals surface area contributed by atoms with E-state index in [-0.39, 0.29) is 11.4 Å². The number of ether oxygens (including phenoxy) is 1. The molecule has 1 aliphatic heterocycles. The molecule has 0 saturated heterocycles. The normalized spacial score (nSPS) is 15.5. The quantitative estimate of drug-likeness (QED) is 0.278. The second-order valence-electron chi connectivity index (χ2n) is 9.12. The van der Waals surface area contributed by atoms with Crippen LogP contribution in [0, 0.1) is 6.92 Å². The first-order valence-corrected chi connectivity index (χ1v) is 12.9. The van der Waals surface area contributed by atoms with Crippen LogP contribution in [-0.2, 0) is 4.79 Å². The Bertz CT molecular complexity index is 1310. The lowest BCUT2D eigenvalue weighted by atomic mass is 9.95. The number of aromatic nitrogens is 1. The van der Waals surface area contributed by atoms with Crippen LogP contribution in [-0.4, -0.2) is 65.4 Å². The number of nitrogens with zero attached hydrogens (tertiary/aromatic N) is 3. The summed E-state index contributed by atoms with van der Waals surface area (Å²) in [7, 11) is 3.93. The van der Waals surface area contributed by atoms with E-state index in [1.165, 1.54) is 11.3 Å². The molecule has 7 nitrogen and oxygen atoms in total. The number of hydrogen-bond acceptors (Lipinski definition) is 7. The number of hydrogen-bond donors (Lipinski definition) is 1. The van der Waals surface area contributed by atoms with Gasteiger partial charge in [-0.1, -0.05) is 55.1 Å². The van der Waals surface area contributed by atoms with Crippen molar-refractivity contribution >= 4 is 23.0 Å². The van der Waals surface area contributed by atoms with Gasteiger partial charge in [0.15, 0.2) is 5.76 Å². The Morgan fingerprint density at radius 1 is 1.19 bits per heavy atom. The Morgan fingerprint density at radius 2 is 1.89 bits per heavy atom. The largest absolute Gasteiger partial charge is 0.503 e. The van der Waals surface area contributed by atoms with Crippen molar-refractivity contribution in [2.24, 2.45) is 0 Å². The maximum absolute atomic E-state index is 13.9. The molecule has 2 aromatic carbocycles. The molecular formula is C29H31N3O4S. The molecule has 1 aromatic heterocycles. The lowest BCUT2D eigenvalue weighted by Gasteiger charge is -2.27. The molecule has 2 heterocycles. The minimum Gasteiger partial charge on any atom is -0.503 e. The van der Waals surface area contributed by atoms with Crippen LogP contribution in [0.2, 0.25) is 0 Å². The summed E-state index contributed by atoms with van der Waals surface area (Å²) in [5.41, 5.74) is 2.29. The first-order valence-electron chi connectivity index (χ1n) is 12.1. The van der Waals surface area contributed by atoms with E-state index in [1.54, 1.807) is 30.0 Å². The second kappa shape index (κ2) is 11.5. The third-order valence-electron chi connectivity index (χ3n) is 6.14. The van der Waals surface area contributed by atoms with Crippen LogP contribution in [0.5, 0.6) is 5.75 Å². The molecule has 1 atom stereocenters. The van der Waals surface area contributed by atoms with E-state index in [0.29, 0.717) is 40.9 Å². The smallest absolute Gasteiger partial charge is 0.290 e. The van der Waals surface area contributed by atoms with Crippen LogP contribution < -0.4 is 4.74 Å². The Labute approximate surface area is 221 Å². The molecule has 37 heavy (non-hydrogen) atoms. The number of thiazole rings is 1. The van der Waals surface area contributed by atoms with Gasteiger partial charge in [0.05, 0.1) is 22.2 Å². The fraction of sp³-hybridized carbons (Fsp3) is 0.276. The summed E-state index contributed by atoms with van der Waals surface area (Å²) in [6.07, 6.45) is 2.36. The lowest BCUT2D eigenvalue weighted by molar-refractivity contribution is -0.129. The van der Waals surface area contributed by atoms with Crippen LogP contribution in [0.3, 0.4) is 0 Å². The maximum Gasteiger partial charge on any atom is 0.290 e. The molecule has 192 valence electrons.